The van der Waals surface area contributed by atoms with E-state index in [1.54, 1.807) is 0 Å². The van der Waals surface area contributed by atoms with Crippen molar-refractivity contribution in [3.8, 4) is 0 Å². The minimum atomic E-state index is -0.0802. The zero-order valence-corrected chi connectivity index (χ0v) is 17.6. The summed E-state index contributed by atoms with van der Waals surface area (Å²) in [5.74, 6) is 0. The van der Waals surface area contributed by atoms with Crippen LogP contribution in [0.15, 0.2) is 12.2 Å². The van der Waals surface area contributed by atoms with Gasteiger partial charge in [0.1, 0.15) is 0 Å². The highest BCUT2D eigenvalue weighted by Crippen LogP contribution is 2.14. The molecule has 0 aliphatic heterocycles. The second kappa shape index (κ2) is 21.7. The lowest BCUT2D eigenvalue weighted by Gasteiger charge is -2.08. The molecule has 0 amide bonds. The smallest absolute Gasteiger partial charge is 0.0543 e. The Labute approximate surface area is 159 Å². The molecule has 0 bridgehead atoms. The molecule has 1 unspecified atom stereocenters. The monoisotopic (exact) mass is 352 g/mol. The molecule has 1 atom stereocenters. The molecule has 0 radical (unpaired) electrons. The number of aliphatic hydroxyl groups is 1. The van der Waals surface area contributed by atoms with E-state index in [0.29, 0.717) is 0 Å². The van der Waals surface area contributed by atoms with Crippen molar-refractivity contribution in [3.63, 3.8) is 0 Å². The van der Waals surface area contributed by atoms with Gasteiger partial charge in [0.05, 0.1) is 6.10 Å². The summed E-state index contributed by atoms with van der Waals surface area (Å²) in [5.41, 5.74) is 0. The summed E-state index contributed by atoms with van der Waals surface area (Å²) < 4.78 is 0. The molecule has 0 saturated carbocycles. The number of aliphatic hydroxyl groups excluding tert-OH is 1. The van der Waals surface area contributed by atoms with Crippen LogP contribution in [0.25, 0.3) is 0 Å². The van der Waals surface area contributed by atoms with Gasteiger partial charge in [0.2, 0.25) is 0 Å². The van der Waals surface area contributed by atoms with Gasteiger partial charge in [-0.25, -0.2) is 0 Å². The largest absolute Gasteiger partial charge is 0.393 e. The third-order valence-corrected chi connectivity index (χ3v) is 5.20. The highest BCUT2D eigenvalue weighted by Gasteiger charge is 2.02. The Morgan fingerprint density at radius 3 is 1.52 bits per heavy atom. The van der Waals surface area contributed by atoms with Crippen LogP contribution in [0.5, 0.6) is 0 Å². The summed E-state index contributed by atoms with van der Waals surface area (Å²) in [4.78, 5) is 0. The van der Waals surface area contributed by atoms with Crippen molar-refractivity contribution in [3.05, 3.63) is 12.2 Å². The van der Waals surface area contributed by atoms with Crippen molar-refractivity contribution in [1.29, 1.82) is 0 Å². The molecule has 0 rings (SSSR count). The van der Waals surface area contributed by atoms with Gasteiger partial charge in [0.25, 0.3) is 0 Å². The van der Waals surface area contributed by atoms with E-state index >= 15 is 0 Å². The molecule has 0 aliphatic carbocycles. The van der Waals surface area contributed by atoms with Crippen LogP contribution in [-0.2, 0) is 0 Å². The van der Waals surface area contributed by atoms with E-state index in [-0.39, 0.29) is 6.10 Å². The van der Waals surface area contributed by atoms with E-state index in [2.05, 4.69) is 26.0 Å². The van der Waals surface area contributed by atoms with Gasteiger partial charge in [-0.3, -0.25) is 0 Å². The number of hydrogen-bond acceptors (Lipinski definition) is 1. The SMILES string of the molecule is CCCCC/C=C\CCC(O)CCCCCCCCCCCCCC. The molecule has 0 aromatic heterocycles. The molecule has 0 fully saturated rings. The molecule has 0 saturated heterocycles. The first-order chi connectivity index (χ1) is 12.3. The van der Waals surface area contributed by atoms with Crippen LogP contribution in [0.3, 0.4) is 0 Å². The average Bonchev–Trinajstić information content (AvgIpc) is 2.62. The average molecular weight is 353 g/mol. The molecule has 1 heteroatoms. The van der Waals surface area contributed by atoms with Crippen molar-refractivity contribution in [2.75, 3.05) is 0 Å². The van der Waals surface area contributed by atoms with Gasteiger partial charge in [-0.15, -0.1) is 0 Å². The Bertz CT molecular complexity index is 259. The predicted octanol–water partition coefficient (Wildman–Crippen LogP) is 8.36. The molecule has 0 aromatic carbocycles. The van der Waals surface area contributed by atoms with Crippen LogP contribution < -0.4 is 0 Å². The maximum atomic E-state index is 10.0. The predicted molar refractivity (Wildman–Crippen MR) is 114 cm³/mol. The van der Waals surface area contributed by atoms with Crippen LogP contribution in [0, 0.1) is 0 Å². The lowest BCUT2D eigenvalue weighted by Crippen LogP contribution is -2.05. The van der Waals surface area contributed by atoms with Crippen molar-refractivity contribution in [1.82, 2.24) is 0 Å². The number of unbranched alkanes of at least 4 members (excludes halogenated alkanes) is 14. The zero-order valence-electron chi connectivity index (χ0n) is 17.6. The topological polar surface area (TPSA) is 20.2 Å². The van der Waals surface area contributed by atoms with Crippen molar-refractivity contribution in [2.24, 2.45) is 0 Å². The minimum absolute atomic E-state index is 0.0802. The highest BCUT2D eigenvalue weighted by molar-refractivity contribution is 4.82. The normalized spacial score (nSPS) is 12.9. The van der Waals surface area contributed by atoms with Crippen LogP contribution in [0.4, 0.5) is 0 Å². The van der Waals surface area contributed by atoms with Crippen LogP contribution in [-0.4, -0.2) is 11.2 Å². The van der Waals surface area contributed by atoms with E-state index in [1.807, 2.05) is 0 Å². The Hall–Kier alpha value is -0.300. The second-order valence-corrected chi connectivity index (χ2v) is 7.88. The first-order valence-electron chi connectivity index (χ1n) is 11.6. The third-order valence-electron chi connectivity index (χ3n) is 5.20. The van der Waals surface area contributed by atoms with Gasteiger partial charge in [-0.2, -0.15) is 0 Å². The molecule has 0 spiro atoms. The molecule has 0 aliphatic rings. The highest BCUT2D eigenvalue weighted by atomic mass is 16.3. The fraction of sp³-hybridized carbons (Fsp3) is 0.917. The van der Waals surface area contributed by atoms with E-state index < -0.39 is 0 Å². The maximum Gasteiger partial charge on any atom is 0.0543 e. The summed E-state index contributed by atoms with van der Waals surface area (Å²) in [7, 11) is 0. The molecule has 0 heterocycles. The molecule has 1 nitrogen and oxygen atoms in total. The van der Waals surface area contributed by atoms with Gasteiger partial charge in [0.15, 0.2) is 0 Å². The molecule has 0 aromatic rings. The second-order valence-electron chi connectivity index (χ2n) is 7.88. The fourth-order valence-electron chi connectivity index (χ4n) is 3.40. The van der Waals surface area contributed by atoms with Gasteiger partial charge in [-0.05, 0) is 32.1 Å². The lowest BCUT2D eigenvalue weighted by atomic mass is 10.0. The number of allylic oxidation sites excluding steroid dienone is 2. The Kier molecular flexibility index (Phi) is 21.5. The summed E-state index contributed by atoms with van der Waals surface area (Å²) >= 11 is 0. The standard InChI is InChI=1S/C24H48O/c1-3-5-7-9-11-12-13-14-15-17-19-21-23-24(25)22-20-18-16-10-8-6-4-2/h16,18,24-25H,3-15,17,19-23H2,1-2H3/b18-16-. The molecule has 150 valence electrons. The summed E-state index contributed by atoms with van der Waals surface area (Å²) in [5, 5.41) is 10.0. The van der Waals surface area contributed by atoms with E-state index in [1.165, 1.54) is 103 Å². The Morgan fingerprint density at radius 1 is 0.520 bits per heavy atom. The Balaban J connectivity index is 3.18. The maximum absolute atomic E-state index is 10.0. The van der Waals surface area contributed by atoms with Crippen LogP contribution in [0.1, 0.15) is 136 Å². The van der Waals surface area contributed by atoms with E-state index in [0.717, 1.165) is 19.3 Å². The van der Waals surface area contributed by atoms with Gasteiger partial charge >= 0.3 is 0 Å². The summed E-state index contributed by atoms with van der Waals surface area (Å²) in [6.07, 6.45) is 29.3. The first kappa shape index (κ1) is 24.7. The zero-order chi connectivity index (χ0) is 18.4. The van der Waals surface area contributed by atoms with Crippen molar-refractivity contribution < 1.29 is 5.11 Å². The molecule has 25 heavy (non-hydrogen) atoms. The van der Waals surface area contributed by atoms with Gasteiger partial charge in [0, 0.05) is 0 Å². The summed E-state index contributed by atoms with van der Waals surface area (Å²) in [6.45, 7) is 4.53. The van der Waals surface area contributed by atoms with Gasteiger partial charge < -0.3 is 5.11 Å². The minimum Gasteiger partial charge on any atom is -0.393 e. The molecular formula is C24H48O. The third kappa shape index (κ3) is 21.7. The number of hydrogen-bond donors (Lipinski definition) is 1. The quantitative estimate of drug-likeness (QED) is 0.172. The van der Waals surface area contributed by atoms with Crippen LogP contribution in [0.2, 0.25) is 0 Å². The number of rotatable bonds is 20. The van der Waals surface area contributed by atoms with Crippen LogP contribution >= 0.6 is 0 Å². The van der Waals surface area contributed by atoms with Crippen molar-refractivity contribution in [2.45, 2.75) is 142 Å². The molecular weight excluding hydrogens is 304 g/mol. The summed E-state index contributed by atoms with van der Waals surface area (Å²) in [6, 6.07) is 0. The lowest BCUT2D eigenvalue weighted by molar-refractivity contribution is 0.152. The van der Waals surface area contributed by atoms with Crippen molar-refractivity contribution >= 4 is 0 Å². The van der Waals surface area contributed by atoms with E-state index in [9.17, 15) is 5.11 Å². The van der Waals surface area contributed by atoms with E-state index in [4.69, 9.17) is 0 Å². The Morgan fingerprint density at radius 2 is 0.960 bits per heavy atom. The fourth-order valence-corrected chi connectivity index (χ4v) is 3.40. The molecule has 1 N–H and O–H groups in total. The van der Waals surface area contributed by atoms with Gasteiger partial charge in [-0.1, -0.05) is 116 Å². The first-order valence-corrected chi connectivity index (χ1v) is 11.6.